The fraction of sp³-hybridized carbons (Fsp3) is 0.514. The molecule has 0 amide bonds. The molecular formula is C35H37BrF2N6O2. The summed E-state index contributed by atoms with van der Waals surface area (Å²) < 4.78 is 39.1. The Bertz CT molecular complexity index is 1850. The molecule has 1 aliphatic carbocycles. The van der Waals surface area contributed by atoms with Crippen molar-refractivity contribution in [3.63, 3.8) is 0 Å². The first-order valence-corrected chi connectivity index (χ1v) is 17.5. The van der Waals surface area contributed by atoms with E-state index in [1.165, 1.54) is 19.3 Å². The minimum absolute atomic E-state index is 0.0225. The SMILES string of the molecule is Oc1cc(-c2ncc3c(N4CC5CCC(C4)N5)nc(OCC45C[C@H](F)CN4[C@H]4CCCC[C@H]4C5)nc3c2F)c2c(Br)cccc2c1. The van der Waals surface area contributed by atoms with Crippen molar-refractivity contribution in [1.82, 2.24) is 25.2 Å². The Hall–Kier alpha value is -3.15. The highest BCUT2D eigenvalue weighted by molar-refractivity contribution is 9.10. The molecule has 240 valence electrons. The van der Waals surface area contributed by atoms with Crippen LogP contribution in [0.2, 0.25) is 0 Å². The van der Waals surface area contributed by atoms with E-state index in [0.717, 1.165) is 54.0 Å². The molecule has 4 aromatic rings. The maximum atomic E-state index is 16.9. The molecule has 2 aromatic carbocycles. The van der Waals surface area contributed by atoms with Crippen LogP contribution in [-0.2, 0) is 0 Å². The number of phenolic OH excluding ortho intramolecular Hbond substituents is 1. The van der Waals surface area contributed by atoms with Crippen LogP contribution in [0, 0.1) is 11.7 Å². The van der Waals surface area contributed by atoms with Gasteiger partial charge in [-0.25, -0.2) is 8.78 Å². The second-order valence-electron chi connectivity index (χ2n) is 14.2. The number of anilines is 1. The third-order valence-electron chi connectivity index (χ3n) is 11.3. The maximum absolute atomic E-state index is 16.9. The Kier molecular flexibility index (Phi) is 6.91. The van der Waals surface area contributed by atoms with Gasteiger partial charge in [0.1, 0.15) is 35.6 Å². The van der Waals surface area contributed by atoms with E-state index in [2.05, 4.69) is 36.0 Å². The standard InChI is InChI=1S/C35H37BrF2N6O2/c36-27-6-3-5-19-10-24(45)11-25(29(19)27)31-30(38)32-26(14-39-31)33(43-16-22-8-9-23(17-43)40-22)42-34(41-32)46-18-35-12-20-4-1-2-7-28(20)44(35)15-21(37)13-35/h3,5-6,10-11,14,20-23,28,40,45H,1-2,4,7-9,12-13,15-18H2/t20-,21-,22?,23?,28-,35?/m0/s1. The van der Waals surface area contributed by atoms with Crippen molar-refractivity contribution in [2.45, 2.75) is 81.2 Å². The molecule has 0 spiro atoms. The predicted molar refractivity (Wildman–Crippen MR) is 177 cm³/mol. The minimum Gasteiger partial charge on any atom is -0.508 e. The van der Waals surface area contributed by atoms with Crippen LogP contribution in [0.1, 0.15) is 51.4 Å². The van der Waals surface area contributed by atoms with Crippen LogP contribution >= 0.6 is 15.9 Å². The number of rotatable bonds is 5. The predicted octanol–water partition coefficient (Wildman–Crippen LogP) is 6.52. The molecule has 5 fully saturated rings. The maximum Gasteiger partial charge on any atom is 0.319 e. The number of nitrogens with one attached hydrogen (secondary N) is 1. The van der Waals surface area contributed by atoms with Crippen LogP contribution in [-0.4, -0.2) is 81.0 Å². The zero-order valence-electron chi connectivity index (χ0n) is 25.6. The number of hydrogen-bond acceptors (Lipinski definition) is 8. The summed E-state index contributed by atoms with van der Waals surface area (Å²) in [7, 11) is 0. The summed E-state index contributed by atoms with van der Waals surface area (Å²) in [5.41, 5.74) is 0.300. The van der Waals surface area contributed by atoms with Gasteiger partial charge in [0.25, 0.3) is 0 Å². The molecule has 1 saturated carbocycles. The largest absolute Gasteiger partial charge is 0.508 e. The first-order valence-electron chi connectivity index (χ1n) is 16.7. The fourth-order valence-corrected chi connectivity index (χ4v) is 10.0. The van der Waals surface area contributed by atoms with Gasteiger partial charge in [-0.15, -0.1) is 0 Å². The molecule has 3 unspecified atom stereocenters. The smallest absolute Gasteiger partial charge is 0.319 e. The van der Waals surface area contributed by atoms with E-state index in [4.69, 9.17) is 14.7 Å². The molecule has 2 N–H and O–H groups in total. The van der Waals surface area contributed by atoms with Gasteiger partial charge in [-0.2, -0.15) is 9.97 Å². The van der Waals surface area contributed by atoms with E-state index in [1.54, 1.807) is 18.3 Å². The van der Waals surface area contributed by atoms with Gasteiger partial charge < -0.3 is 20.1 Å². The highest BCUT2D eigenvalue weighted by Crippen LogP contribution is 2.51. The second-order valence-corrected chi connectivity index (χ2v) is 15.0. The number of aromatic hydroxyl groups is 1. The van der Waals surface area contributed by atoms with Crippen LogP contribution in [0.15, 0.2) is 41.0 Å². The van der Waals surface area contributed by atoms with Crippen molar-refractivity contribution in [2.24, 2.45) is 5.92 Å². The molecule has 2 bridgehead atoms. The highest BCUT2D eigenvalue weighted by atomic mass is 79.9. The topological polar surface area (TPSA) is 86.6 Å². The molecule has 4 aliphatic heterocycles. The van der Waals surface area contributed by atoms with Crippen LogP contribution < -0.4 is 15.0 Å². The minimum atomic E-state index is -0.876. The first-order chi connectivity index (χ1) is 22.3. The van der Waals surface area contributed by atoms with Crippen molar-refractivity contribution in [3.05, 3.63) is 46.8 Å². The van der Waals surface area contributed by atoms with Crippen molar-refractivity contribution >= 4 is 43.4 Å². The summed E-state index contributed by atoms with van der Waals surface area (Å²) in [6.45, 7) is 2.23. The summed E-state index contributed by atoms with van der Waals surface area (Å²) in [6, 6.07) is 10.0. The summed E-state index contributed by atoms with van der Waals surface area (Å²) >= 11 is 3.62. The first kappa shape index (κ1) is 29.0. The molecular weight excluding hydrogens is 654 g/mol. The molecule has 6 heterocycles. The normalized spacial score (nSPS) is 30.7. The van der Waals surface area contributed by atoms with E-state index in [1.807, 2.05) is 18.2 Å². The zero-order chi connectivity index (χ0) is 31.2. The Morgan fingerprint density at radius 1 is 1.04 bits per heavy atom. The average Bonchev–Trinajstić information content (AvgIpc) is 3.66. The Morgan fingerprint density at radius 3 is 2.72 bits per heavy atom. The average molecular weight is 692 g/mol. The lowest BCUT2D eigenvalue weighted by molar-refractivity contribution is 0.0775. The Morgan fingerprint density at radius 2 is 1.87 bits per heavy atom. The van der Waals surface area contributed by atoms with Crippen LogP contribution in [0.25, 0.3) is 32.9 Å². The number of hydrogen-bond donors (Lipinski definition) is 2. The number of alkyl halides is 1. The van der Waals surface area contributed by atoms with Crippen LogP contribution in [0.3, 0.4) is 0 Å². The molecule has 2 aromatic heterocycles. The van der Waals surface area contributed by atoms with Crippen molar-refractivity contribution < 1.29 is 18.6 Å². The molecule has 9 rings (SSSR count). The molecule has 5 aliphatic rings. The lowest BCUT2D eigenvalue weighted by Gasteiger charge is -2.36. The van der Waals surface area contributed by atoms with E-state index in [0.29, 0.717) is 53.8 Å². The van der Waals surface area contributed by atoms with Gasteiger partial charge in [0.2, 0.25) is 0 Å². The number of nitrogens with zero attached hydrogens (tertiary/aromatic N) is 5. The molecule has 4 saturated heterocycles. The number of fused-ring (bicyclic) bond motifs is 7. The molecule has 0 radical (unpaired) electrons. The van der Waals surface area contributed by atoms with Crippen molar-refractivity contribution in [3.8, 4) is 23.0 Å². The Balaban J connectivity index is 1.15. The number of piperazine rings is 1. The van der Waals surface area contributed by atoms with Gasteiger partial charge >= 0.3 is 6.01 Å². The quantitative estimate of drug-likeness (QED) is 0.245. The summed E-state index contributed by atoms with van der Waals surface area (Å²) in [6.07, 6.45) is 9.04. The van der Waals surface area contributed by atoms with E-state index in [-0.39, 0.29) is 35.1 Å². The number of aromatic nitrogens is 3. The molecule has 11 heteroatoms. The van der Waals surface area contributed by atoms with Gasteiger partial charge in [0.05, 0.1) is 10.9 Å². The fourth-order valence-electron chi connectivity index (χ4n) is 9.45. The van der Waals surface area contributed by atoms with Gasteiger partial charge in [-0.05, 0) is 61.6 Å². The summed E-state index contributed by atoms with van der Waals surface area (Å²) in [4.78, 5) is 18.8. The van der Waals surface area contributed by atoms with Crippen LogP contribution in [0.4, 0.5) is 14.6 Å². The van der Waals surface area contributed by atoms with Gasteiger partial charge in [0.15, 0.2) is 5.82 Å². The zero-order valence-corrected chi connectivity index (χ0v) is 27.1. The molecule has 8 nitrogen and oxygen atoms in total. The highest BCUT2D eigenvalue weighted by Gasteiger charge is 2.57. The van der Waals surface area contributed by atoms with Gasteiger partial charge in [0, 0.05) is 65.8 Å². The third kappa shape index (κ3) is 4.67. The second kappa shape index (κ2) is 11.0. The number of phenols is 1. The van der Waals surface area contributed by atoms with E-state index >= 15 is 4.39 Å². The lowest BCUT2D eigenvalue weighted by Crippen LogP contribution is -2.51. The monoisotopic (exact) mass is 690 g/mol. The molecule has 46 heavy (non-hydrogen) atoms. The number of halogens is 3. The third-order valence-corrected chi connectivity index (χ3v) is 12.0. The van der Waals surface area contributed by atoms with Crippen LogP contribution in [0.5, 0.6) is 11.8 Å². The number of ether oxygens (including phenoxy) is 1. The number of pyridine rings is 1. The van der Waals surface area contributed by atoms with Gasteiger partial charge in [-0.3, -0.25) is 9.88 Å². The summed E-state index contributed by atoms with van der Waals surface area (Å²) in [5.74, 6) is 0.608. The molecule has 6 atom stereocenters. The number of benzene rings is 2. The van der Waals surface area contributed by atoms with Crippen molar-refractivity contribution in [2.75, 3.05) is 31.1 Å². The summed E-state index contributed by atoms with van der Waals surface area (Å²) in [5, 5.41) is 16.3. The van der Waals surface area contributed by atoms with Gasteiger partial charge in [-0.1, -0.05) is 40.9 Å². The Labute approximate surface area is 274 Å². The van der Waals surface area contributed by atoms with E-state index in [9.17, 15) is 9.50 Å². The van der Waals surface area contributed by atoms with E-state index < -0.39 is 12.0 Å². The lowest BCUT2D eigenvalue weighted by atomic mass is 9.81. The van der Waals surface area contributed by atoms with Crippen molar-refractivity contribution in [1.29, 1.82) is 0 Å².